The van der Waals surface area contributed by atoms with Crippen LogP contribution in [-0.4, -0.2) is 53.7 Å². The molecule has 2 aromatic carbocycles. The Labute approximate surface area is 170 Å². The first-order valence-electron chi connectivity index (χ1n) is 10.1. The van der Waals surface area contributed by atoms with Crippen molar-refractivity contribution in [3.63, 3.8) is 0 Å². The van der Waals surface area contributed by atoms with Crippen LogP contribution in [0.3, 0.4) is 0 Å². The topological polar surface area (TPSA) is 69.7 Å². The van der Waals surface area contributed by atoms with Gasteiger partial charge in [-0.05, 0) is 62.2 Å². The molecule has 0 spiro atoms. The van der Waals surface area contributed by atoms with Crippen LogP contribution in [0.15, 0.2) is 42.5 Å². The normalized spacial score (nSPS) is 16.4. The Balaban J connectivity index is 1.45. The van der Waals surface area contributed by atoms with Crippen molar-refractivity contribution in [2.24, 2.45) is 0 Å². The average Bonchev–Trinajstić information content (AvgIpc) is 3.32. The largest absolute Gasteiger partial charge is 0.351 e. The molecule has 29 heavy (non-hydrogen) atoms. The monoisotopic (exact) mass is 391 g/mol. The maximum absolute atomic E-state index is 12.9. The van der Waals surface area contributed by atoms with Crippen LogP contribution in [-0.2, 0) is 6.54 Å². The number of imide groups is 1. The van der Waals surface area contributed by atoms with Crippen molar-refractivity contribution in [2.75, 3.05) is 26.2 Å². The van der Waals surface area contributed by atoms with Crippen molar-refractivity contribution in [3.05, 3.63) is 70.3 Å². The Hall–Kier alpha value is -2.99. The third-order valence-corrected chi connectivity index (χ3v) is 5.73. The van der Waals surface area contributed by atoms with Crippen LogP contribution >= 0.6 is 0 Å². The molecule has 4 rings (SSSR count). The quantitative estimate of drug-likeness (QED) is 0.769. The van der Waals surface area contributed by atoms with Gasteiger partial charge in [-0.15, -0.1) is 0 Å². The molecule has 2 heterocycles. The fraction of sp³-hybridized carbons (Fsp3) is 0.348. The van der Waals surface area contributed by atoms with E-state index in [1.807, 2.05) is 31.2 Å². The number of nitrogens with zero attached hydrogens (tertiary/aromatic N) is 2. The summed E-state index contributed by atoms with van der Waals surface area (Å²) in [7, 11) is 0. The highest BCUT2D eigenvalue weighted by Gasteiger charge is 2.36. The Morgan fingerprint density at radius 1 is 1.00 bits per heavy atom. The summed E-state index contributed by atoms with van der Waals surface area (Å²) in [5.74, 6) is -0.876. The smallest absolute Gasteiger partial charge is 0.261 e. The van der Waals surface area contributed by atoms with Gasteiger partial charge in [-0.3, -0.25) is 19.3 Å². The van der Waals surface area contributed by atoms with E-state index in [1.165, 1.54) is 17.7 Å². The van der Waals surface area contributed by atoms with Gasteiger partial charge in [-0.2, -0.15) is 0 Å². The van der Waals surface area contributed by atoms with Crippen LogP contribution in [0.25, 0.3) is 0 Å². The van der Waals surface area contributed by atoms with Crippen LogP contribution in [0.1, 0.15) is 55.0 Å². The van der Waals surface area contributed by atoms with Gasteiger partial charge in [0.15, 0.2) is 0 Å². The zero-order chi connectivity index (χ0) is 20.4. The van der Waals surface area contributed by atoms with Crippen LogP contribution in [0, 0.1) is 6.92 Å². The number of nitrogens with one attached hydrogen (secondary N) is 1. The number of hydrogen-bond donors (Lipinski definition) is 1. The van der Waals surface area contributed by atoms with Crippen molar-refractivity contribution in [1.29, 1.82) is 0 Å². The zero-order valence-electron chi connectivity index (χ0n) is 16.6. The van der Waals surface area contributed by atoms with Crippen molar-refractivity contribution >= 4 is 17.7 Å². The molecule has 1 N–H and O–H groups in total. The van der Waals surface area contributed by atoms with Gasteiger partial charge in [-0.1, -0.05) is 24.3 Å². The summed E-state index contributed by atoms with van der Waals surface area (Å²) >= 11 is 0. The first kappa shape index (κ1) is 19.3. The summed E-state index contributed by atoms with van der Waals surface area (Å²) < 4.78 is 0. The van der Waals surface area contributed by atoms with Gasteiger partial charge < -0.3 is 10.2 Å². The summed E-state index contributed by atoms with van der Waals surface area (Å²) in [6, 6.07) is 12.4. The minimum Gasteiger partial charge on any atom is -0.351 e. The summed E-state index contributed by atoms with van der Waals surface area (Å²) in [5, 5.41) is 2.91. The molecule has 150 valence electrons. The zero-order valence-corrected chi connectivity index (χ0v) is 16.6. The lowest BCUT2D eigenvalue weighted by Crippen LogP contribution is -2.33. The first-order valence-corrected chi connectivity index (χ1v) is 10.1. The second-order valence-electron chi connectivity index (χ2n) is 7.69. The molecule has 6 heteroatoms. The lowest BCUT2D eigenvalue weighted by molar-refractivity contribution is 0.0642. The van der Waals surface area contributed by atoms with Crippen molar-refractivity contribution in [2.45, 2.75) is 26.3 Å². The predicted octanol–water partition coefficient (Wildman–Crippen LogP) is 2.62. The maximum atomic E-state index is 12.9. The molecular formula is C23H25N3O3. The highest BCUT2D eigenvalue weighted by molar-refractivity contribution is 6.22. The SMILES string of the molecule is Cc1ccccc1CN1C(=O)c2ccc(C(=O)NCCN3CCCC3)cc2C1=O. The third kappa shape index (κ3) is 3.93. The van der Waals surface area contributed by atoms with Gasteiger partial charge in [0.2, 0.25) is 0 Å². The highest BCUT2D eigenvalue weighted by Crippen LogP contribution is 2.26. The number of benzene rings is 2. The van der Waals surface area contributed by atoms with E-state index in [0.29, 0.717) is 23.2 Å². The minimum atomic E-state index is -0.347. The molecule has 0 radical (unpaired) electrons. The molecule has 0 aliphatic carbocycles. The minimum absolute atomic E-state index is 0.218. The number of carbonyl (C=O) groups excluding carboxylic acids is 3. The Morgan fingerprint density at radius 2 is 1.72 bits per heavy atom. The maximum Gasteiger partial charge on any atom is 0.261 e. The molecule has 0 saturated carbocycles. The molecule has 6 nitrogen and oxygen atoms in total. The van der Waals surface area contributed by atoms with Crippen LogP contribution in [0.4, 0.5) is 0 Å². The second-order valence-corrected chi connectivity index (χ2v) is 7.69. The lowest BCUT2D eigenvalue weighted by atomic mass is 10.1. The molecule has 1 fully saturated rings. The van der Waals surface area contributed by atoms with E-state index in [0.717, 1.165) is 30.8 Å². The molecule has 0 unspecified atom stereocenters. The third-order valence-electron chi connectivity index (χ3n) is 5.73. The molecular weight excluding hydrogens is 366 g/mol. The number of hydrogen-bond acceptors (Lipinski definition) is 4. The van der Waals surface area contributed by atoms with Crippen LogP contribution in [0.5, 0.6) is 0 Å². The Morgan fingerprint density at radius 3 is 2.48 bits per heavy atom. The van der Waals surface area contributed by atoms with Gasteiger partial charge in [0, 0.05) is 18.7 Å². The van der Waals surface area contributed by atoms with Gasteiger partial charge in [0.05, 0.1) is 17.7 Å². The Kier molecular flexibility index (Phi) is 5.45. The van der Waals surface area contributed by atoms with Gasteiger partial charge in [0.1, 0.15) is 0 Å². The average molecular weight is 391 g/mol. The van der Waals surface area contributed by atoms with Gasteiger partial charge >= 0.3 is 0 Å². The number of amides is 3. The summed E-state index contributed by atoms with van der Waals surface area (Å²) in [6.45, 7) is 5.76. The van der Waals surface area contributed by atoms with Crippen molar-refractivity contribution < 1.29 is 14.4 Å². The number of carbonyl (C=O) groups is 3. The van der Waals surface area contributed by atoms with E-state index < -0.39 is 0 Å². The summed E-state index contributed by atoms with van der Waals surface area (Å²) in [4.78, 5) is 41.6. The number of rotatable bonds is 6. The van der Waals surface area contributed by atoms with E-state index >= 15 is 0 Å². The molecule has 0 aromatic heterocycles. The first-order chi connectivity index (χ1) is 14.0. The van der Waals surface area contributed by atoms with Crippen LogP contribution in [0.2, 0.25) is 0 Å². The molecule has 2 aliphatic heterocycles. The summed E-state index contributed by atoms with van der Waals surface area (Å²) in [6.07, 6.45) is 2.43. The molecule has 2 aliphatic rings. The Bertz CT molecular complexity index is 964. The summed E-state index contributed by atoms with van der Waals surface area (Å²) in [5.41, 5.74) is 3.03. The second kappa shape index (κ2) is 8.17. The predicted molar refractivity (Wildman–Crippen MR) is 110 cm³/mol. The van der Waals surface area contributed by atoms with Gasteiger partial charge in [0.25, 0.3) is 17.7 Å². The standard InChI is InChI=1S/C23H25N3O3/c1-16-6-2-3-7-18(16)15-26-22(28)19-9-8-17(14-20(19)23(26)29)21(27)24-10-13-25-11-4-5-12-25/h2-3,6-9,14H,4-5,10-13,15H2,1H3,(H,24,27). The van der Waals surface area contributed by atoms with Gasteiger partial charge in [-0.25, -0.2) is 0 Å². The van der Waals surface area contributed by atoms with Crippen molar-refractivity contribution in [1.82, 2.24) is 15.1 Å². The van der Waals surface area contributed by atoms with E-state index in [4.69, 9.17) is 0 Å². The fourth-order valence-electron chi connectivity index (χ4n) is 3.97. The molecule has 0 atom stereocenters. The fourth-order valence-corrected chi connectivity index (χ4v) is 3.97. The molecule has 0 bridgehead atoms. The molecule has 3 amide bonds. The molecule has 1 saturated heterocycles. The number of fused-ring (bicyclic) bond motifs is 1. The van der Waals surface area contributed by atoms with E-state index in [9.17, 15) is 14.4 Å². The van der Waals surface area contributed by atoms with E-state index in [-0.39, 0.29) is 24.3 Å². The number of likely N-dealkylation sites (tertiary alicyclic amines) is 1. The lowest BCUT2D eigenvalue weighted by Gasteiger charge is -2.15. The van der Waals surface area contributed by atoms with Crippen LogP contribution < -0.4 is 5.32 Å². The number of aryl methyl sites for hydroxylation is 1. The molecule has 2 aromatic rings. The van der Waals surface area contributed by atoms with E-state index in [1.54, 1.807) is 18.2 Å². The van der Waals surface area contributed by atoms with E-state index in [2.05, 4.69) is 10.2 Å². The van der Waals surface area contributed by atoms with Crippen molar-refractivity contribution in [3.8, 4) is 0 Å². The highest BCUT2D eigenvalue weighted by atomic mass is 16.2.